The Morgan fingerprint density at radius 1 is 1.21 bits per heavy atom. The molecule has 0 unspecified atom stereocenters. The number of hydrogen-bond acceptors (Lipinski definition) is 6. The molecule has 3 aromatic rings. The van der Waals surface area contributed by atoms with Gasteiger partial charge in [0.2, 0.25) is 0 Å². The monoisotopic (exact) mass is 379 g/mol. The van der Waals surface area contributed by atoms with E-state index in [2.05, 4.69) is 20.4 Å². The van der Waals surface area contributed by atoms with Crippen LogP contribution in [0.1, 0.15) is 34.5 Å². The van der Waals surface area contributed by atoms with E-state index >= 15 is 0 Å². The molecule has 1 aliphatic rings. The first kappa shape index (κ1) is 18.1. The molecule has 2 heterocycles. The van der Waals surface area contributed by atoms with E-state index in [0.29, 0.717) is 11.5 Å². The fourth-order valence-electron chi connectivity index (χ4n) is 3.60. The van der Waals surface area contributed by atoms with Crippen LogP contribution in [-0.2, 0) is 33.6 Å². The number of nitrogens with zero attached hydrogens (tertiary/aromatic N) is 4. The zero-order valence-corrected chi connectivity index (χ0v) is 15.9. The Kier molecular flexibility index (Phi) is 4.77. The quantitative estimate of drug-likeness (QED) is 0.681. The van der Waals surface area contributed by atoms with Crippen molar-refractivity contribution in [3.63, 3.8) is 0 Å². The second-order valence-electron chi connectivity index (χ2n) is 6.96. The number of ether oxygens (including phenoxy) is 1. The minimum Gasteiger partial charge on any atom is -0.455 e. The smallest absolute Gasteiger partial charge is 0.310 e. The van der Waals surface area contributed by atoms with E-state index < -0.39 is 5.97 Å². The summed E-state index contributed by atoms with van der Waals surface area (Å²) >= 11 is 0. The van der Waals surface area contributed by atoms with Gasteiger partial charge in [0, 0.05) is 22.6 Å². The molecule has 1 aliphatic carbocycles. The van der Waals surface area contributed by atoms with Crippen LogP contribution in [0.25, 0.3) is 5.78 Å². The lowest BCUT2D eigenvalue weighted by atomic mass is 10.1. The highest BCUT2D eigenvalue weighted by Crippen LogP contribution is 2.24. The largest absolute Gasteiger partial charge is 0.455 e. The third kappa shape index (κ3) is 3.58. The Bertz CT molecular complexity index is 1070. The lowest BCUT2D eigenvalue weighted by Crippen LogP contribution is -2.22. The number of aryl methyl sites for hydroxylation is 4. The lowest BCUT2D eigenvalue weighted by Gasteiger charge is -2.11. The maximum atomic E-state index is 12.2. The van der Waals surface area contributed by atoms with E-state index in [1.54, 1.807) is 4.52 Å². The van der Waals surface area contributed by atoms with Crippen molar-refractivity contribution in [1.82, 2.24) is 19.6 Å². The fraction of sp³-hybridized carbons (Fsp3) is 0.350. The zero-order valence-electron chi connectivity index (χ0n) is 15.9. The number of rotatable bonds is 5. The molecule has 28 heavy (non-hydrogen) atoms. The molecule has 1 N–H and O–H groups in total. The Morgan fingerprint density at radius 3 is 2.89 bits per heavy atom. The minimum atomic E-state index is -0.489. The number of hydrogen-bond donors (Lipinski definition) is 1. The van der Waals surface area contributed by atoms with Crippen LogP contribution >= 0.6 is 0 Å². The van der Waals surface area contributed by atoms with Gasteiger partial charge in [-0.05, 0) is 56.4 Å². The van der Waals surface area contributed by atoms with Crippen molar-refractivity contribution in [2.45, 2.75) is 39.5 Å². The standard InChI is InChI=1S/C20H21N5O3/c1-12-17(13(2)25-20(23-12)21-11-22-25)9-19(27)28-10-18(26)24-16-7-6-14-4-3-5-15(14)8-16/h6-8,11H,3-5,9-10H2,1-2H3,(H,24,26). The molecule has 0 radical (unpaired) electrons. The Morgan fingerprint density at radius 2 is 2.04 bits per heavy atom. The SMILES string of the molecule is Cc1nc2ncnn2c(C)c1CC(=O)OCC(=O)Nc1ccc2c(c1)CCC2. The van der Waals surface area contributed by atoms with Crippen molar-refractivity contribution in [2.24, 2.45) is 0 Å². The van der Waals surface area contributed by atoms with Crippen molar-refractivity contribution >= 4 is 23.3 Å². The van der Waals surface area contributed by atoms with E-state index in [-0.39, 0.29) is 18.9 Å². The van der Waals surface area contributed by atoms with Crippen LogP contribution in [0.4, 0.5) is 5.69 Å². The van der Waals surface area contributed by atoms with Crippen molar-refractivity contribution in [3.8, 4) is 0 Å². The molecule has 0 atom stereocenters. The van der Waals surface area contributed by atoms with Gasteiger partial charge in [0.25, 0.3) is 11.7 Å². The molecule has 0 fully saturated rings. The number of nitrogens with one attached hydrogen (secondary N) is 1. The van der Waals surface area contributed by atoms with Gasteiger partial charge in [-0.3, -0.25) is 9.59 Å². The Hall–Kier alpha value is -3.29. The topological polar surface area (TPSA) is 98.5 Å². The molecule has 1 aromatic carbocycles. The van der Waals surface area contributed by atoms with Gasteiger partial charge >= 0.3 is 5.97 Å². The number of benzene rings is 1. The summed E-state index contributed by atoms with van der Waals surface area (Å²) in [5.41, 5.74) is 5.54. The molecular formula is C20H21N5O3. The number of amides is 1. The number of carbonyl (C=O) groups is 2. The molecule has 0 saturated heterocycles. The molecule has 8 nitrogen and oxygen atoms in total. The minimum absolute atomic E-state index is 0.0204. The summed E-state index contributed by atoms with van der Waals surface area (Å²) in [6.45, 7) is 3.33. The van der Waals surface area contributed by atoms with Crippen LogP contribution in [0.2, 0.25) is 0 Å². The van der Waals surface area contributed by atoms with E-state index in [0.717, 1.165) is 36.2 Å². The number of anilines is 1. The van der Waals surface area contributed by atoms with Crippen LogP contribution in [-0.4, -0.2) is 38.1 Å². The highest BCUT2D eigenvalue weighted by Gasteiger charge is 2.17. The van der Waals surface area contributed by atoms with Gasteiger partial charge in [0.05, 0.1) is 6.42 Å². The van der Waals surface area contributed by atoms with Crippen LogP contribution in [0.15, 0.2) is 24.5 Å². The molecule has 0 spiro atoms. The third-order valence-electron chi connectivity index (χ3n) is 5.06. The van der Waals surface area contributed by atoms with Gasteiger partial charge in [-0.25, -0.2) is 9.50 Å². The summed E-state index contributed by atoms with van der Waals surface area (Å²) in [5, 5.41) is 6.88. The van der Waals surface area contributed by atoms with Crippen molar-refractivity contribution < 1.29 is 14.3 Å². The van der Waals surface area contributed by atoms with Gasteiger partial charge in [-0.15, -0.1) is 0 Å². The van der Waals surface area contributed by atoms with E-state index in [1.165, 1.54) is 17.5 Å². The van der Waals surface area contributed by atoms with E-state index in [1.807, 2.05) is 32.0 Å². The number of carbonyl (C=O) groups excluding carboxylic acids is 2. The van der Waals surface area contributed by atoms with Crippen LogP contribution in [0.5, 0.6) is 0 Å². The average molecular weight is 379 g/mol. The van der Waals surface area contributed by atoms with Gasteiger partial charge in [-0.1, -0.05) is 6.07 Å². The van der Waals surface area contributed by atoms with E-state index in [9.17, 15) is 9.59 Å². The fourth-order valence-corrected chi connectivity index (χ4v) is 3.60. The van der Waals surface area contributed by atoms with Gasteiger partial charge < -0.3 is 10.1 Å². The molecular weight excluding hydrogens is 358 g/mol. The van der Waals surface area contributed by atoms with E-state index in [4.69, 9.17) is 4.74 Å². The Labute approximate surface area is 161 Å². The predicted molar refractivity (Wildman–Crippen MR) is 102 cm³/mol. The summed E-state index contributed by atoms with van der Waals surface area (Å²) in [5.74, 6) is -0.359. The molecule has 2 aromatic heterocycles. The molecule has 0 bridgehead atoms. The maximum absolute atomic E-state index is 12.2. The number of fused-ring (bicyclic) bond motifs is 2. The molecule has 0 aliphatic heterocycles. The highest BCUT2D eigenvalue weighted by molar-refractivity contribution is 5.93. The Balaban J connectivity index is 1.35. The molecule has 0 saturated carbocycles. The van der Waals surface area contributed by atoms with Gasteiger partial charge in [0.15, 0.2) is 6.61 Å². The number of esters is 1. The zero-order chi connectivity index (χ0) is 19.7. The normalized spacial score (nSPS) is 12.8. The summed E-state index contributed by atoms with van der Waals surface area (Å²) in [6.07, 6.45) is 4.72. The van der Waals surface area contributed by atoms with Crippen molar-refractivity contribution in [3.05, 3.63) is 52.6 Å². The molecule has 4 rings (SSSR count). The van der Waals surface area contributed by atoms with Crippen molar-refractivity contribution in [2.75, 3.05) is 11.9 Å². The molecule has 1 amide bonds. The van der Waals surface area contributed by atoms with Gasteiger partial charge in [0.1, 0.15) is 6.33 Å². The molecule has 144 valence electrons. The van der Waals surface area contributed by atoms with Crippen molar-refractivity contribution in [1.29, 1.82) is 0 Å². The number of aromatic nitrogens is 4. The first-order valence-corrected chi connectivity index (χ1v) is 9.24. The molecule has 8 heteroatoms. The predicted octanol–water partition coefficient (Wildman–Crippen LogP) is 1.95. The third-order valence-corrected chi connectivity index (χ3v) is 5.06. The summed E-state index contributed by atoms with van der Waals surface area (Å²) in [7, 11) is 0. The first-order chi connectivity index (χ1) is 13.5. The summed E-state index contributed by atoms with van der Waals surface area (Å²) in [6, 6.07) is 5.92. The lowest BCUT2D eigenvalue weighted by molar-refractivity contribution is -0.146. The highest BCUT2D eigenvalue weighted by atomic mass is 16.5. The summed E-state index contributed by atoms with van der Waals surface area (Å²) < 4.78 is 6.73. The van der Waals surface area contributed by atoms with Crippen LogP contribution in [0.3, 0.4) is 0 Å². The average Bonchev–Trinajstić information content (AvgIpc) is 3.32. The second-order valence-corrected chi connectivity index (χ2v) is 6.96. The first-order valence-electron chi connectivity index (χ1n) is 9.24. The van der Waals surface area contributed by atoms with Crippen LogP contribution in [0, 0.1) is 13.8 Å². The van der Waals surface area contributed by atoms with Gasteiger partial charge in [-0.2, -0.15) is 10.1 Å². The maximum Gasteiger partial charge on any atom is 0.310 e. The van der Waals surface area contributed by atoms with Crippen LogP contribution < -0.4 is 5.32 Å². The summed E-state index contributed by atoms with van der Waals surface area (Å²) in [4.78, 5) is 32.7. The second kappa shape index (κ2) is 7.38.